The van der Waals surface area contributed by atoms with Gasteiger partial charge in [-0.3, -0.25) is 4.39 Å². The number of alkyl halides is 1. The van der Waals surface area contributed by atoms with Crippen LogP contribution in [0.3, 0.4) is 0 Å². The molecular formula is C22H25F3O. The van der Waals surface area contributed by atoms with Gasteiger partial charge in [0.25, 0.3) is 0 Å². The van der Waals surface area contributed by atoms with Gasteiger partial charge in [-0.25, -0.2) is 4.39 Å². The minimum absolute atomic E-state index is 0.0429. The Bertz CT molecular complexity index is 708. The van der Waals surface area contributed by atoms with Crippen molar-refractivity contribution in [2.24, 2.45) is 0 Å². The van der Waals surface area contributed by atoms with Crippen molar-refractivity contribution in [3.63, 3.8) is 0 Å². The van der Waals surface area contributed by atoms with Gasteiger partial charge >= 0.3 is 0 Å². The summed E-state index contributed by atoms with van der Waals surface area (Å²) in [6.07, 6.45) is 7.19. The Hall–Kier alpha value is -2.23. The van der Waals surface area contributed by atoms with E-state index in [1.54, 1.807) is 13.0 Å². The molecule has 4 heteroatoms. The third kappa shape index (κ3) is 5.94. The van der Waals surface area contributed by atoms with E-state index in [1.165, 1.54) is 11.6 Å². The summed E-state index contributed by atoms with van der Waals surface area (Å²) in [6, 6.07) is 11.2. The first-order chi connectivity index (χ1) is 12.7. The maximum absolute atomic E-state index is 14.1. The standard InChI is InChI=1S/C22H25F3O/c1-2-26-20-15-14-19(21(24)22(20)25)13-12-18-10-8-17(9-11-18)7-5-3-4-6-16-23/h3-4,8-11,14-15H,2,5-7,12-13,16H2,1H3. The van der Waals surface area contributed by atoms with Crippen LogP contribution in [0.2, 0.25) is 0 Å². The van der Waals surface area contributed by atoms with Gasteiger partial charge in [0.1, 0.15) is 0 Å². The van der Waals surface area contributed by atoms with E-state index >= 15 is 0 Å². The topological polar surface area (TPSA) is 9.23 Å². The van der Waals surface area contributed by atoms with E-state index in [1.807, 2.05) is 36.4 Å². The highest BCUT2D eigenvalue weighted by Gasteiger charge is 2.14. The zero-order chi connectivity index (χ0) is 18.8. The summed E-state index contributed by atoms with van der Waals surface area (Å²) >= 11 is 0. The highest BCUT2D eigenvalue weighted by molar-refractivity contribution is 5.32. The molecule has 0 aliphatic carbocycles. The molecule has 1 nitrogen and oxygen atoms in total. The maximum Gasteiger partial charge on any atom is 0.200 e. The van der Waals surface area contributed by atoms with E-state index in [4.69, 9.17) is 4.74 Å². The number of hydrogen-bond acceptors (Lipinski definition) is 1. The normalized spacial score (nSPS) is 11.2. The van der Waals surface area contributed by atoms with Crippen molar-refractivity contribution in [2.45, 2.75) is 39.0 Å². The molecule has 0 saturated carbocycles. The lowest BCUT2D eigenvalue weighted by atomic mass is 10.0. The number of hydrogen-bond donors (Lipinski definition) is 0. The number of halogens is 3. The van der Waals surface area contributed by atoms with E-state index in [0.29, 0.717) is 31.4 Å². The van der Waals surface area contributed by atoms with Gasteiger partial charge in [-0.1, -0.05) is 42.5 Å². The number of aryl methyl sites for hydroxylation is 3. The second-order valence-corrected chi connectivity index (χ2v) is 6.09. The quantitative estimate of drug-likeness (QED) is 0.471. The first kappa shape index (κ1) is 20.1. The molecule has 0 fully saturated rings. The average molecular weight is 362 g/mol. The van der Waals surface area contributed by atoms with E-state index in [9.17, 15) is 13.2 Å². The Morgan fingerprint density at radius 3 is 2.12 bits per heavy atom. The van der Waals surface area contributed by atoms with Crippen LogP contribution in [0.5, 0.6) is 5.75 Å². The van der Waals surface area contributed by atoms with Crippen LogP contribution >= 0.6 is 0 Å². The van der Waals surface area contributed by atoms with Gasteiger partial charge in [-0.05, 0) is 61.8 Å². The second kappa shape index (κ2) is 10.7. The summed E-state index contributed by atoms with van der Waals surface area (Å²) in [4.78, 5) is 0. The monoisotopic (exact) mass is 362 g/mol. The summed E-state index contributed by atoms with van der Waals surface area (Å²) in [6.45, 7) is 1.72. The fraction of sp³-hybridized carbons (Fsp3) is 0.364. The highest BCUT2D eigenvalue weighted by atomic mass is 19.2. The first-order valence-corrected chi connectivity index (χ1v) is 9.04. The van der Waals surface area contributed by atoms with Gasteiger partial charge < -0.3 is 4.74 Å². The molecule has 140 valence electrons. The molecule has 0 N–H and O–H groups in total. The predicted molar refractivity (Wildman–Crippen MR) is 99.4 cm³/mol. The Labute approximate surface area is 153 Å². The fourth-order valence-electron chi connectivity index (χ4n) is 2.73. The lowest BCUT2D eigenvalue weighted by molar-refractivity contribution is 0.313. The van der Waals surface area contributed by atoms with Crippen molar-refractivity contribution < 1.29 is 17.9 Å². The van der Waals surface area contributed by atoms with E-state index in [0.717, 1.165) is 18.4 Å². The minimum Gasteiger partial charge on any atom is -0.491 e. The summed E-state index contributed by atoms with van der Waals surface area (Å²) in [5.74, 6) is -1.79. The molecule has 0 aliphatic heterocycles. The number of rotatable bonds is 10. The zero-order valence-electron chi connectivity index (χ0n) is 15.1. The molecule has 0 aromatic heterocycles. The number of benzene rings is 2. The van der Waals surface area contributed by atoms with Crippen molar-refractivity contribution >= 4 is 0 Å². The van der Waals surface area contributed by atoms with Gasteiger partial charge in [0.05, 0.1) is 13.3 Å². The largest absolute Gasteiger partial charge is 0.491 e. The van der Waals surface area contributed by atoms with Crippen molar-refractivity contribution in [2.75, 3.05) is 13.3 Å². The van der Waals surface area contributed by atoms with Crippen molar-refractivity contribution in [3.05, 3.63) is 76.9 Å². The second-order valence-electron chi connectivity index (χ2n) is 6.09. The molecule has 0 unspecified atom stereocenters. The first-order valence-electron chi connectivity index (χ1n) is 9.04. The molecule has 2 aromatic carbocycles. The molecule has 0 aliphatic rings. The maximum atomic E-state index is 14.1. The lowest BCUT2D eigenvalue weighted by Gasteiger charge is -2.09. The molecule has 0 amide bonds. The molecule has 0 spiro atoms. The van der Waals surface area contributed by atoms with Crippen LogP contribution in [0.1, 0.15) is 36.5 Å². The zero-order valence-corrected chi connectivity index (χ0v) is 15.1. The van der Waals surface area contributed by atoms with Gasteiger partial charge in [0, 0.05) is 0 Å². The van der Waals surface area contributed by atoms with E-state index in [2.05, 4.69) is 0 Å². The third-order valence-corrected chi connectivity index (χ3v) is 4.17. The Morgan fingerprint density at radius 2 is 1.46 bits per heavy atom. The van der Waals surface area contributed by atoms with Crippen molar-refractivity contribution in [1.82, 2.24) is 0 Å². The molecule has 2 rings (SSSR count). The van der Waals surface area contributed by atoms with Gasteiger partial charge in [-0.2, -0.15) is 4.39 Å². The summed E-state index contributed by atoms with van der Waals surface area (Å²) < 4.78 is 45.0. The van der Waals surface area contributed by atoms with Crippen molar-refractivity contribution in [1.29, 1.82) is 0 Å². The van der Waals surface area contributed by atoms with Crippen LogP contribution in [-0.2, 0) is 19.3 Å². The van der Waals surface area contributed by atoms with Gasteiger partial charge in [0.2, 0.25) is 5.82 Å². The Kier molecular flexibility index (Phi) is 8.26. The van der Waals surface area contributed by atoms with Crippen LogP contribution in [0.25, 0.3) is 0 Å². The molecule has 0 saturated heterocycles. The minimum atomic E-state index is -0.916. The van der Waals surface area contributed by atoms with Crippen LogP contribution in [0, 0.1) is 11.6 Å². The molecule has 0 bridgehead atoms. The van der Waals surface area contributed by atoms with E-state index < -0.39 is 11.6 Å². The fourth-order valence-corrected chi connectivity index (χ4v) is 2.73. The van der Waals surface area contributed by atoms with Crippen molar-refractivity contribution in [3.8, 4) is 5.75 Å². The highest BCUT2D eigenvalue weighted by Crippen LogP contribution is 2.24. The molecule has 26 heavy (non-hydrogen) atoms. The number of ether oxygens (including phenoxy) is 1. The SMILES string of the molecule is CCOc1ccc(CCc2ccc(CCC=CCCF)cc2)c(F)c1F. The Balaban J connectivity index is 1.89. The van der Waals surface area contributed by atoms with Crippen LogP contribution < -0.4 is 4.74 Å². The molecule has 0 heterocycles. The van der Waals surface area contributed by atoms with Gasteiger partial charge in [0.15, 0.2) is 11.6 Å². The number of allylic oxidation sites excluding steroid dienone is 2. The smallest absolute Gasteiger partial charge is 0.200 e. The lowest BCUT2D eigenvalue weighted by Crippen LogP contribution is -2.02. The van der Waals surface area contributed by atoms with E-state index in [-0.39, 0.29) is 12.4 Å². The van der Waals surface area contributed by atoms with Crippen LogP contribution in [0.4, 0.5) is 13.2 Å². The predicted octanol–water partition coefficient (Wildman–Crippen LogP) is 6.00. The Morgan fingerprint density at radius 1 is 0.808 bits per heavy atom. The summed E-state index contributed by atoms with van der Waals surface area (Å²) in [5.41, 5.74) is 2.64. The molecular weight excluding hydrogens is 337 g/mol. The average Bonchev–Trinajstić information content (AvgIpc) is 2.66. The third-order valence-electron chi connectivity index (χ3n) is 4.17. The van der Waals surface area contributed by atoms with Gasteiger partial charge in [-0.15, -0.1) is 0 Å². The molecule has 0 atom stereocenters. The molecule has 0 radical (unpaired) electrons. The summed E-state index contributed by atoms with van der Waals surface area (Å²) in [7, 11) is 0. The van der Waals surface area contributed by atoms with Crippen LogP contribution in [-0.4, -0.2) is 13.3 Å². The molecule has 2 aromatic rings. The summed E-state index contributed by atoms with van der Waals surface area (Å²) in [5, 5.41) is 0. The van der Waals surface area contributed by atoms with Crippen LogP contribution in [0.15, 0.2) is 48.6 Å².